The molecule has 4 nitrogen and oxygen atoms in total. The number of nitrogens with one attached hydrogen (secondary N) is 1. The summed E-state index contributed by atoms with van der Waals surface area (Å²) in [5, 5.41) is 3.50. The molecular formula is C13H13N3O. The maximum Gasteiger partial charge on any atom is 0.252 e. The number of aromatic nitrogens is 2. The van der Waals surface area contributed by atoms with E-state index in [9.17, 15) is 4.79 Å². The summed E-state index contributed by atoms with van der Waals surface area (Å²) in [6.07, 6.45) is 5.88. The van der Waals surface area contributed by atoms with Gasteiger partial charge in [-0.15, -0.1) is 0 Å². The molecule has 0 radical (unpaired) electrons. The number of amides is 1. The van der Waals surface area contributed by atoms with Crippen LogP contribution < -0.4 is 5.32 Å². The Morgan fingerprint density at radius 2 is 2.12 bits per heavy atom. The highest BCUT2D eigenvalue weighted by molar-refractivity contribution is 5.96. The lowest BCUT2D eigenvalue weighted by atomic mass is 10.1. The molecule has 4 heteroatoms. The number of fused-ring (bicyclic) bond motifs is 1. The van der Waals surface area contributed by atoms with Gasteiger partial charge in [-0.1, -0.05) is 0 Å². The molecule has 1 N–H and O–H groups in total. The quantitative estimate of drug-likeness (QED) is 0.852. The summed E-state index contributed by atoms with van der Waals surface area (Å²) >= 11 is 0. The van der Waals surface area contributed by atoms with E-state index in [1.165, 1.54) is 12.8 Å². The second kappa shape index (κ2) is 3.80. The first-order valence-corrected chi connectivity index (χ1v) is 5.75. The lowest BCUT2D eigenvalue weighted by Crippen LogP contribution is -2.17. The second-order valence-electron chi connectivity index (χ2n) is 4.38. The number of rotatable bonds is 2. The molecule has 2 aromatic heterocycles. The Hall–Kier alpha value is -1.97. The molecule has 3 rings (SSSR count). The summed E-state index contributed by atoms with van der Waals surface area (Å²) in [5.41, 5.74) is 2.60. The van der Waals surface area contributed by atoms with Crippen LogP contribution in [0.25, 0.3) is 10.9 Å². The fourth-order valence-electron chi connectivity index (χ4n) is 1.91. The topological polar surface area (TPSA) is 54.9 Å². The van der Waals surface area contributed by atoms with Gasteiger partial charge in [0.2, 0.25) is 0 Å². The molecule has 86 valence electrons. The van der Waals surface area contributed by atoms with Gasteiger partial charge in [0.25, 0.3) is 5.91 Å². The van der Waals surface area contributed by atoms with Gasteiger partial charge in [0.1, 0.15) is 0 Å². The van der Waals surface area contributed by atoms with Crippen molar-refractivity contribution in [1.29, 1.82) is 0 Å². The third-order valence-electron chi connectivity index (χ3n) is 3.07. The Labute approximate surface area is 99.1 Å². The van der Waals surface area contributed by atoms with E-state index in [0.717, 1.165) is 16.6 Å². The largest absolute Gasteiger partial charge is 0.355 e. The fourth-order valence-corrected chi connectivity index (χ4v) is 1.91. The van der Waals surface area contributed by atoms with Gasteiger partial charge in [-0.2, -0.15) is 0 Å². The highest BCUT2D eigenvalue weighted by Gasteiger charge is 2.25. The van der Waals surface area contributed by atoms with E-state index < -0.39 is 0 Å². The van der Waals surface area contributed by atoms with E-state index in [4.69, 9.17) is 0 Å². The van der Waals surface area contributed by atoms with Crippen LogP contribution in [0.5, 0.6) is 0 Å². The molecule has 0 aromatic carbocycles. The fraction of sp³-hybridized carbons (Fsp3) is 0.308. The molecule has 0 aliphatic heterocycles. The Morgan fingerprint density at radius 1 is 1.29 bits per heavy atom. The normalized spacial score (nSPS) is 14.9. The summed E-state index contributed by atoms with van der Waals surface area (Å²) in [5.74, 6) is 0.505. The van der Waals surface area contributed by atoms with Crippen molar-refractivity contribution < 1.29 is 4.79 Å². The lowest BCUT2D eigenvalue weighted by Gasteiger charge is -2.03. The first-order valence-electron chi connectivity index (χ1n) is 5.75. The van der Waals surface area contributed by atoms with E-state index >= 15 is 0 Å². The Morgan fingerprint density at radius 3 is 2.82 bits per heavy atom. The summed E-state index contributed by atoms with van der Waals surface area (Å²) in [6.45, 7) is 0. The summed E-state index contributed by atoms with van der Waals surface area (Å²) in [6, 6.07) is 3.85. The van der Waals surface area contributed by atoms with Crippen LogP contribution in [-0.2, 0) is 0 Å². The van der Waals surface area contributed by atoms with Crippen LogP contribution in [0.3, 0.4) is 0 Å². The van der Waals surface area contributed by atoms with E-state index in [2.05, 4.69) is 15.3 Å². The van der Waals surface area contributed by atoms with Crippen molar-refractivity contribution in [3.8, 4) is 0 Å². The van der Waals surface area contributed by atoms with E-state index in [1.54, 1.807) is 13.2 Å². The van der Waals surface area contributed by atoms with Crippen molar-refractivity contribution in [1.82, 2.24) is 15.3 Å². The van der Waals surface area contributed by atoms with Crippen molar-refractivity contribution in [2.45, 2.75) is 18.8 Å². The average Bonchev–Trinajstić information content (AvgIpc) is 3.21. The summed E-state index contributed by atoms with van der Waals surface area (Å²) in [7, 11) is 1.61. The minimum Gasteiger partial charge on any atom is -0.355 e. The Balaban J connectivity index is 2.05. The summed E-state index contributed by atoms with van der Waals surface area (Å²) in [4.78, 5) is 20.2. The maximum atomic E-state index is 11.5. The van der Waals surface area contributed by atoms with Crippen LogP contribution in [0, 0.1) is 0 Å². The van der Waals surface area contributed by atoms with E-state index in [0.29, 0.717) is 11.5 Å². The number of nitrogens with zero attached hydrogens (tertiary/aromatic N) is 2. The highest BCUT2D eigenvalue weighted by Crippen LogP contribution is 2.39. The molecule has 1 aliphatic carbocycles. The van der Waals surface area contributed by atoms with Gasteiger partial charge in [0.15, 0.2) is 0 Å². The molecule has 1 fully saturated rings. The van der Waals surface area contributed by atoms with Crippen LogP contribution in [0.4, 0.5) is 0 Å². The zero-order valence-corrected chi connectivity index (χ0v) is 9.60. The molecule has 1 aliphatic rings. The third kappa shape index (κ3) is 1.86. The molecule has 0 spiro atoms. The molecule has 17 heavy (non-hydrogen) atoms. The Kier molecular flexibility index (Phi) is 2.28. The second-order valence-corrected chi connectivity index (χ2v) is 4.38. The minimum absolute atomic E-state index is 0.120. The molecule has 0 bridgehead atoms. The van der Waals surface area contributed by atoms with Gasteiger partial charge < -0.3 is 5.32 Å². The number of carbonyl (C=O) groups is 1. The molecular weight excluding hydrogens is 214 g/mol. The number of hydrogen-bond acceptors (Lipinski definition) is 3. The molecule has 0 atom stereocenters. The predicted molar refractivity (Wildman–Crippen MR) is 64.9 cm³/mol. The summed E-state index contributed by atoms with van der Waals surface area (Å²) < 4.78 is 0. The van der Waals surface area contributed by atoms with Gasteiger partial charge in [0, 0.05) is 36.4 Å². The predicted octanol–water partition coefficient (Wildman–Crippen LogP) is 1.87. The molecule has 0 unspecified atom stereocenters. The lowest BCUT2D eigenvalue weighted by molar-refractivity contribution is 0.0963. The van der Waals surface area contributed by atoms with Crippen LogP contribution >= 0.6 is 0 Å². The minimum atomic E-state index is -0.120. The van der Waals surface area contributed by atoms with Gasteiger partial charge in [-0.25, -0.2) is 0 Å². The van der Waals surface area contributed by atoms with Crippen molar-refractivity contribution >= 4 is 16.8 Å². The van der Waals surface area contributed by atoms with E-state index in [-0.39, 0.29) is 5.91 Å². The van der Waals surface area contributed by atoms with Gasteiger partial charge >= 0.3 is 0 Å². The number of carbonyl (C=O) groups excluding carboxylic acids is 1. The smallest absolute Gasteiger partial charge is 0.252 e. The molecule has 1 saturated carbocycles. The van der Waals surface area contributed by atoms with Gasteiger partial charge in [-0.05, 0) is 25.0 Å². The van der Waals surface area contributed by atoms with Crippen LogP contribution in [-0.4, -0.2) is 22.9 Å². The monoisotopic (exact) mass is 227 g/mol. The first kappa shape index (κ1) is 10.2. The zero-order chi connectivity index (χ0) is 11.8. The molecule has 2 heterocycles. The van der Waals surface area contributed by atoms with Crippen LogP contribution in [0.15, 0.2) is 24.5 Å². The standard InChI is InChI=1S/C13H13N3O/c1-14-13(17)10-4-9-6-15-11(8-2-3-8)5-12(9)16-7-10/h4-8H,2-3H2,1H3,(H,14,17). The third-order valence-corrected chi connectivity index (χ3v) is 3.07. The molecule has 0 saturated heterocycles. The van der Waals surface area contributed by atoms with Gasteiger partial charge in [0.05, 0.1) is 11.1 Å². The number of hydrogen-bond donors (Lipinski definition) is 1. The number of pyridine rings is 2. The van der Waals surface area contributed by atoms with Crippen molar-refractivity contribution in [3.63, 3.8) is 0 Å². The molecule has 2 aromatic rings. The molecule has 1 amide bonds. The van der Waals surface area contributed by atoms with Crippen LogP contribution in [0.2, 0.25) is 0 Å². The van der Waals surface area contributed by atoms with Crippen LogP contribution in [0.1, 0.15) is 34.8 Å². The Bertz CT molecular complexity index is 590. The van der Waals surface area contributed by atoms with Crippen molar-refractivity contribution in [2.75, 3.05) is 7.05 Å². The first-order chi connectivity index (χ1) is 8.28. The SMILES string of the molecule is CNC(=O)c1cnc2cc(C3CC3)ncc2c1. The highest BCUT2D eigenvalue weighted by atomic mass is 16.1. The average molecular weight is 227 g/mol. The van der Waals surface area contributed by atoms with E-state index in [1.807, 2.05) is 18.3 Å². The van der Waals surface area contributed by atoms with Gasteiger partial charge in [-0.3, -0.25) is 14.8 Å². The van der Waals surface area contributed by atoms with Crippen molar-refractivity contribution in [2.24, 2.45) is 0 Å². The zero-order valence-electron chi connectivity index (χ0n) is 9.60. The maximum absolute atomic E-state index is 11.5. The van der Waals surface area contributed by atoms with Crippen molar-refractivity contribution in [3.05, 3.63) is 35.8 Å².